The van der Waals surface area contributed by atoms with Crippen molar-refractivity contribution in [3.63, 3.8) is 0 Å². The van der Waals surface area contributed by atoms with Crippen molar-refractivity contribution in [2.45, 2.75) is 44.8 Å². The van der Waals surface area contributed by atoms with Gasteiger partial charge in [-0.25, -0.2) is 4.39 Å². The first kappa shape index (κ1) is 17.6. The van der Waals surface area contributed by atoms with Gasteiger partial charge in [0.2, 0.25) is 0 Å². The van der Waals surface area contributed by atoms with Crippen LogP contribution in [0.2, 0.25) is 0 Å². The molecule has 0 radical (unpaired) electrons. The molecule has 2 aromatic carbocycles. The molecule has 2 heterocycles. The topological polar surface area (TPSA) is 65.0 Å². The number of carbonyl (C=O) groups is 1. The Morgan fingerprint density at radius 1 is 1.33 bits per heavy atom. The summed E-state index contributed by atoms with van der Waals surface area (Å²) in [5, 5.41) is 8.98. The van der Waals surface area contributed by atoms with Crippen molar-refractivity contribution in [2.24, 2.45) is 0 Å². The highest BCUT2D eigenvalue weighted by Gasteiger charge is 2.32. The van der Waals surface area contributed by atoms with Crippen LogP contribution >= 0.6 is 0 Å². The molecule has 6 heteroatoms. The number of carboxylic acid groups (broad SMARTS) is 1. The molecule has 4 rings (SSSR count). The van der Waals surface area contributed by atoms with Crippen molar-refractivity contribution < 1.29 is 28.5 Å². The second-order valence-electron chi connectivity index (χ2n) is 7.69. The zero-order valence-electron chi connectivity index (χ0n) is 15.3. The molecule has 0 aliphatic carbocycles. The van der Waals surface area contributed by atoms with E-state index in [2.05, 4.69) is 0 Å². The van der Waals surface area contributed by atoms with E-state index in [0.29, 0.717) is 35.8 Å². The van der Waals surface area contributed by atoms with Gasteiger partial charge in [0, 0.05) is 35.1 Å². The lowest BCUT2D eigenvalue weighted by atomic mass is 9.98. The highest BCUT2D eigenvalue weighted by Crippen LogP contribution is 2.40. The SMILES string of the molecule is CC1(C)Cc2cc(F)cc(COc3ccc4c(c3)OCC4CC(=O)O)c2O1. The maximum Gasteiger partial charge on any atom is 0.304 e. The Hall–Kier alpha value is -2.76. The van der Waals surface area contributed by atoms with E-state index in [9.17, 15) is 9.18 Å². The molecular weight excluding hydrogens is 351 g/mol. The quantitative estimate of drug-likeness (QED) is 0.857. The van der Waals surface area contributed by atoms with Crippen LogP contribution in [0.5, 0.6) is 17.2 Å². The number of ether oxygens (including phenoxy) is 3. The van der Waals surface area contributed by atoms with Gasteiger partial charge in [0.15, 0.2) is 0 Å². The molecule has 0 spiro atoms. The van der Waals surface area contributed by atoms with Gasteiger partial charge in [-0.3, -0.25) is 4.79 Å². The summed E-state index contributed by atoms with van der Waals surface area (Å²) in [6.07, 6.45) is 0.695. The molecule has 0 saturated carbocycles. The summed E-state index contributed by atoms with van der Waals surface area (Å²) < 4.78 is 31.4. The van der Waals surface area contributed by atoms with Crippen molar-refractivity contribution in [1.29, 1.82) is 0 Å². The minimum Gasteiger partial charge on any atom is -0.492 e. The minimum atomic E-state index is -0.848. The number of hydrogen-bond acceptors (Lipinski definition) is 4. The van der Waals surface area contributed by atoms with Gasteiger partial charge < -0.3 is 19.3 Å². The van der Waals surface area contributed by atoms with Crippen LogP contribution in [0.4, 0.5) is 4.39 Å². The number of carboxylic acids is 1. The molecule has 142 valence electrons. The number of fused-ring (bicyclic) bond motifs is 2. The number of benzene rings is 2. The lowest BCUT2D eigenvalue weighted by Crippen LogP contribution is -2.25. The van der Waals surface area contributed by atoms with Crippen molar-refractivity contribution in [1.82, 2.24) is 0 Å². The minimum absolute atomic E-state index is 0.0375. The Balaban J connectivity index is 1.50. The fourth-order valence-corrected chi connectivity index (χ4v) is 3.74. The molecule has 0 bridgehead atoms. The molecule has 2 aromatic rings. The molecule has 0 amide bonds. The van der Waals surface area contributed by atoms with E-state index >= 15 is 0 Å². The molecule has 5 nitrogen and oxygen atoms in total. The van der Waals surface area contributed by atoms with Crippen LogP contribution in [-0.4, -0.2) is 23.3 Å². The van der Waals surface area contributed by atoms with Gasteiger partial charge >= 0.3 is 5.97 Å². The maximum absolute atomic E-state index is 13.9. The Morgan fingerprint density at radius 2 is 2.15 bits per heavy atom. The predicted octanol–water partition coefficient (Wildman–Crippen LogP) is 4.07. The lowest BCUT2D eigenvalue weighted by Gasteiger charge is -2.18. The molecular formula is C21H21FO5. The first-order valence-corrected chi connectivity index (χ1v) is 8.92. The highest BCUT2D eigenvalue weighted by atomic mass is 19.1. The van der Waals surface area contributed by atoms with Crippen LogP contribution in [0.15, 0.2) is 30.3 Å². The zero-order valence-corrected chi connectivity index (χ0v) is 15.3. The van der Waals surface area contributed by atoms with Crippen molar-refractivity contribution in [2.75, 3.05) is 6.61 Å². The highest BCUT2D eigenvalue weighted by molar-refractivity contribution is 5.68. The summed E-state index contributed by atoms with van der Waals surface area (Å²) >= 11 is 0. The average Bonchev–Trinajstić information content (AvgIpc) is 3.11. The van der Waals surface area contributed by atoms with Crippen LogP contribution in [0.3, 0.4) is 0 Å². The van der Waals surface area contributed by atoms with Crippen LogP contribution in [-0.2, 0) is 17.8 Å². The van der Waals surface area contributed by atoms with E-state index in [-0.39, 0.29) is 30.4 Å². The number of rotatable bonds is 5. The van der Waals surface area contributed by atoms with Crippen LogP contribution in [0.25, 0.3) is 0 Å². The molecule has 0 saturated heterocycles. The van der Waals surface area contributed by atoms with Gasteiger partial charge in [-0.1, -0.05) is 6.07 Å². The lowest BCUT2D eigenvalue weighted by molar-refractivity contribution is -0.137. The molecule has 2 aliphatic heterocycles. The monoisotopic (exact) mass is 372 g/mol. The van der Waals surface area contributed by atoms with Gasteiger partial charge in [-0.2, -0.15) is 0 Å². The Bertz CT molecular complexity index is 906. The van der Waals surface area contributed by atoms with Crippen LogP contribution in [0.1, 0.15) is 42.9 Å². The van der Waals surface area contributed by atoms with E-state index in [1.54, 1.807) is 12.1 Å². The third-order valence-electron chi connectivity index (χ3n) is 4.88. The van der Waals surface area contributed by atoms with Crippen molar-refractivity contribution in [3.05, 3.63) is 52.8 Å². The summed E-state index contributed by atoms with van der Waals surface area (Å²) in [6.45, 7) is 4.47. The van der Waals surface area contributed by atoms with E-state index in [0.717, 1.165) is 11.1 Å². The number of aliphatic carboxylic acids is 1. The van der Waals surface area contributed by atoms with E-state index in [1.807, 2.05) is 19.9 Å². The Labute approximate surface area is 156 Å². The summed E-state index contributed by atoms with van der Waals surface area (Å²) in [6, 6.07) is 8.32. The third kappa shape index (κ3) is 3.56. The first-order valence-electron chi connectivity index (χ1n) is 8.92. The largest absolute Gasteiger partial charge is 0.492 e. The van der Waals surface area contributed by atoms with Crippen LogP contribution in [0, 0.1) is 5.82 Å². The van der Waals surface area contributed by atoms with Gasteiger partial charge in [0.05, 0.1) is 13.0 Å². The predicted molar refractivity (Wildman–Crippen MR) is 96.1 cm³/mol. The van der Waals surface area contributed by atoms with Gasteiger partial charge in [-0.15, -0.1) is 0 Å². The zero-order chi connectivity index (χ0) is 19.2. The summed E-state index contributed by atoms with van der Waals surface area (Å²) in [7, 11) is 0. The fraction of sp³-hybridized carbons (Fsp3) is 0.381. The first-order chi connectivity index (χ1) is 12.8. The number of halogens is 1. The maximum atomic E-state index is 13.9. The van der Waals surface area contributed by atoms with E-state index in [1.165, 1.54) is 12.1 Å². The van der Waals surface area contributed by atoms with Gasteiger partial charge in [0.1, 0.15) is 35.3 Å². The smallest absolute Gasteiger partial charge is 0.304 e. The molecule has 1 atom stereocenters. The molecule has 1 N–H and O–H groups in total. The average molecular weight is 372 g/mol. The van der Waals surface area contributed by atoms with Gasteiger partial charge in [-0.05, 0) is 32.0 Å². The normalized spacial score (nSPS) is 19.0. The Morgan fingerprint density at radius 3 is 2.93 bits per heavy atom. The molecule has 27 heavy (non-hydrogen) atoms. The van der Waals surface area contributed by atoms with Crippen molar-refractivity contribution >= 4 is 5.97 Å². The summed E-state index contributed by atoms with van der Waals surface area (Å²) in [5.41, 5.74) is 2.04. The van der Waals surface area contributed by atoms with Crippen LogP contribution < -0.4 is 14.2 Å². The molecule has 2 aliphatic rings. The number of hydrogen-bond donors (Lipinski definition) is 1. The summed E-state index contributed by atoms with van der Waals surface area (Å²) in [5.74, 6) is 0.622. The van der Waals surface area contributed by atoms with E-state index in [4.69, 9.17) is 19.3 Å². The Kier molecular flexibility index (Phi) is 4.21. The second kappa shape index (κ2) is 6.44. The second-order valence-corrected chi connectivity index (χ2v) is 7.69. The molecule has 0 aromatic heterocycles. The fourth-order valence-electron chi connectivity index (χ4n) is 3.74. The molecule has 0 fully saturated rings. The standard InChI is InChI=1S/C21H21FO5/c1-21(2)9-12-5-15(22)6-14(20(12)27-21)11-25-16-3-4-17-13(7-19(23)24)10-26-18(17)8-16/h3-6,8,13H,7,9-11H2,1-2H3,(H,23,24). The third-order valence-corrected chi connectivity index (χ3v) is 4.88. The molecule has 1 unspecified atom stereocenters. The van der Waals surface area contributed by atoms with E-state index < -0.39 is 5.97 Å². The van der Waals surface area contributed by atoms with Crippen molar-refractivity contribution in [3.8, 4) is 17.2 Å². The van der Waals surface area contributed by atoms with Gasteiger partial charge in [0.25, 0.3) is 0 Å². The summed E-state index contributed by atoms with van der Waals surface area (Å²) in [4.78, 5) is 10.9.